The van der Waals surface area contributed by atoms with Gasteiger partial charge in [-0.2, -0.15) is 0 Å². The Balaban J connectivity index is 2.28. The quantitative estimate of drug-likeness (QED) is 0.737. The van der Waals surface area contributed by atoms with Crippen molar-refractivity contribution in [1.29, 1.82) is 0 Å². The fourth-order valence-electron chi connectivity index (χ4n) is 1.67. The molecule has 0 fully saturated rings. The summed E-state index contributed by atoms with van der Waals surface area (Å²) < 4.78 is 2.18. The molecular formula is C10H15N3. The number of aromatic nitrogens is 2. The van der Waals surface area contributed by atoms with Crippen LogP contribution in [0.1, 0.15) is 19.2 Å². The average molecular weight is 177 g/mol. The van der Waals surface area contributed by atoms with E-state index in [0.29, 0.717) is 0 Å². The van der Waals surface area contributed by atoms with Crippen molar-refractivity contribution in [2.24, 2.45) is 0 Å². The molecule has 1 aliphatic heterocycles. The predicted molar refractivity (Wildman–Crippen MR) is 53.4 cm³/mol. The van der Waals surface area contributed by atoms with Crippen molar-refractivity contribution in [3.63, 3.8) is 0 Å². The molecule has 0 aromatic carbocycles. The topological polar surface area (TPSA) is 29.9 Å². The first-order chi connectivity index (χ1) is 6.42. The standard InChI is InChI=1S/C10H15N3/c1-2-13-7-6-12-10(13)9-4-3-5-11-8-9/h4,6-7,11H,2-3,5,8H2,1H3. The summed E-state index contributed by atoms with van der Waals surface area (Å²) in [6.07, 6.45) is 7.30. The summed E-state index contributed by atoms with van der Waals surface area (Å²) in [5.74, 6) is 1.12. The molecule has 0 unspecified atom stereocenters. The molecule has 0 aliphatic carbocycles. The second-order valence-corrected chi connectivity index (χ2v) is 3.23. The number of nitrogens with zero attached hydrogens (tertiary/aromatic N) is 2. The molecule has 1 aliphatic rings. The van der Waals surface area contributed by atoms with Crippen molar-refractivity contribution < 1.29 is 0 Å². The molecule has 0 saturated carbocycles. The van der Waals surface area contributed by atoms with E-state index in [1.807, 2.05) is 12.4 Å². The molecule has 2 rings (SSSR count). The van der Waals surface area contributed by atoms with E-state index in [4.69, 9.17) is 0 Å². The lowest BCUT2D eigenvalue weighted by molar-refractivity contribution is 0.708. The van der Waals surface area contributed by atoms with Crippen LogP contribution in [0.15, 0.2) is 18.5 Å². The molecule has 0 radical (unpaired) electrons. The van der Waals surface area contributed by atoms with Crippen LogP contribution in [0.5, 0.6) is 0 Å². The van der Waals surface area contributed by atoms with Crippen molar-refractivity contribution in [2.45, 2.75) is 19.9 Å². The van der Waals surface area contributed by atoms with E-state index in [0.717, 1.165) is 31.9 Å². The van der Waals surface area contributed by atoms with Gasteiger partial charge in [0.2, 0.25) is 0 Å². The van der Waals surface area contributed by atoms with E-state index in [-0.39, 0.29) is 0 Å². The maximum absolute atomic E-state index is 4.37. The van der Waals surface area contributed by atoms with Gasteiger partial charge in [0.15, 0.2) is 0 Å². The smallest absolute Gasteiger partial charge is 0.136 e. The highest BCUT2D eigenvalue weighted by atomic mass is 15.1. The van der Waals surface area contributed by atoms with E-state index < -0.39 is 0 Å². The van der Waals surface area contributed by atoms with Crippen LogP contribution in [0.4, 0.5) is 0 Å². The average Bonchev–Trinajstić information content (AvgIpc) is 2.67. The summed E-state index contributed by atoms with van der Waals surface area (Å²) in [6.45, 7) is 5.18. The van der Waals surface area contributed by atoms with Gasteiger partial charge in [-0.1, -0.05) is 6.08 Å². The van der Waals surface area contributed by atoms with Crippen LogP contribution in [0.25, 0.3) is 5.57 Å². The summed E-state index contributed by atoms with van der Waals surface area (Å²) in [5.41, 5.74) is 1.33. The van der Waals surface area contributed by atoms with Gasteiger partial charge < -0.3 is 9.88 Å². The normalized spacial score (nSPS) is 17.2. The second kappa shape index (κ2) is 3.75. The van der Waals surface area contributed by atoms with E-state index in [2.05, 4.69) is 27.9 Å². The number of nitrogens with one attached hydrogen (secondary N) is 1. The van der Waals surface area contributed by atoms with Crippen molar-refractivity contribution in [2.75, 3.05) is 13.1 Å². The molecule has 3 heteroatoms. The third kappa shape index (κ3) is 1.65. The SMILES string of the molecule is CCn1ccnc1C1=CCCNC1. The lowest BCUT2D eigenvalue weighted by Crippen LogP contribution is -2.22. The molecule has 0 saturated heterocycles. The number of aryl methyl sites for hydroxylation is 1. The zero-order chi connectivity index (χ0) is 9.10. The van der Waals surface area contributed by atoms with Gasteiger partial charge >= 0.3 is 0 Å². The molecule has 0 atom stereocenters. The minimum atomic E-state index is 0.955. The fourth-order valence-corrected chi connectivity index (χ4v) is 1.67. The van der Waals surface area contributed by atoms with Gasteiger partial charge in [0.25, 0.3) is 0 Å². The van der Waals surface area contributed by atoms with Gasteiger partial charge in [-0.05, 0) is 19.9 Å². The monoisotopic (exact) mass is 177 g/mol. The van der Waals surface area contributed by atoms with Gasteiger partial charge in [-0.25, -0.2) is 4.98 Å². The highest BCUT2D eigenvalue weighted by molar-refractivity contribution is 5.62. The highest BCUT2D eigenvalue weighted by Gasteiger charge is 2.09. The van der Waals surface area contributed by atoms with Crippen LogP contribution in [-0.4, -0.2) is 22.6 Å². The summed E-state index contributed by atoms with van der Waals surface area (Å²) >= 11 is 0. The Kier molecular flexibility index (Phi) is 2.45. The first kappa shape index (κ1) is 8.51. The molecule has 1 aromatic heterocycles. The van der Waals surface area contributed by atoms with E-state index >= 15 is 0 Å². The lowest BCUT2D eigenvalue weighted by Gasteiger charge is -2.14. The third-order valence-electron chi connectivity index (χ3n) is 2.37. The summed E-state index contributed by atoms with van der Waals surface area (Å²) in [6, 6.07) is 0. The fraction of sp³-hybridized carbons (Fsp3) is 0.500. The lowest BCUT2D eigenvalue weighted by atomic mass is 10.1. The molecule has 3 nitrogen and oxygen atoms in total. The van der Waals surface area contributed by atoms with Gasteiger partial charge in [-0.15, -0.1) is 0 Å². The minimum Gasteiger partial charge on any atom is -0.332 e. The third-order valence-corrected chi connectivity index (χ3v) is 2.37. The molecule has 13 heavy (non-hydrogen) atoms. The summed E-state index contributed by atoms with van der Waals surface area (Å²) in [5, 5.41) is 3.35. The van der Waals surface area contributed by atoms with Crippen molar-refractivity contribution in [3.05, 3.63) is 24.3 Å². The Morgan fingerprint density at radius 3 is 3.23 bits per heavy atom. The molecule has 0 amide bonds. The van der Waals surface area contributed by atoms with Crippen LogP contribution >= 0.6 is 0 Å². The van der Waals surface area contributed by atoms with Crippen LogP contribution in [0.3, 0.4) is 0 Å². The van der Waals surface area contributed by atoms with Crippen LogP contribution < -0.4 is 5.32 Å². The second-order valence-electron chi connectivity index (χ2n) is 3.23. The zero-order valence-corrected chi connectivity index (χ0v) is 7.95. The minimum absolute atomic E-state index is 0.955. The van der Waals surface area contributed by atoms with Crippen molar-refractivity contribution >= 4 is 5.57 Å². The highest BCUT2D eigenvalue weighted by Crippen LogP contribution is 2.14. The van der Waals surface area contributed by atoms with Crippen LogP contribution in [0.2, 0.25) is 0 Å². The van der Waals surface area contributed by atoms with E-state index in [1.54, 1.807) is 0 Å². The molecule has 2 heterocycles. The largest absolute Gasteiger partial charge is 0.332 e. The molecule has 1 N–H and O–H groups in total. The van der Waals surface area contributed by atoms with Gasteiger partial charge in [0, 0.05) is 31.1 Å². The van der Waals surface area contributed by atoms with Gasteiger partial charge in [0.1, 0.15) is 5.82 Å². The Morgan fingerprint density at radius 1 is 1.62 bits per heavy atom. The molecular weight excluding hydrogens is 162 g/mol. The van der Waals surface area contributed by atoms with Gasteiger partial charge in [-0.3, -0.25) is 0 Å². The zero-order valence-electron chi connectivity index (χ0n) is 7.95. The molecule has 0 bridgehead atoms. The number of hydrogen-bond acceptors (Lipinski definition) is 2. The molecule has 70 valence electrons. The number of hydrogen-bond donors (Lipinski definition) is 1. The maximum atomic E-state index is 4.37. The van der Waals surface area contributed by atoms with E-state index in [1.165, 1.54) is 5.57 Å². The summed E-state index contributed by atoms with van der Waals surface area (Å²) in [4.78, 5) is 4.37. The Labute approximate surface area is 78.5 Å². The Hall–Kier alpha value is -1.09. The first-order valence-electron chi connectivity index (χ1n) is 4.83. The maximum Gasteiger partial charge on any atom is 0.136 e. The van der Waals surface area contributed by atoms with Crippen LogP contribution in [0, 0.1) is 0 Å². The number of rotatable bonds is 2. The van der Waals surface area contributed by atoms with E-state index in [9.17, 15) is 0 Å². The van der Waals surface area contributed by atoms with Crippen molar-refractivity contribution in [3.8, 4) is 0 Å². The number of imidazole rings is 1. The predicted octanol–water partition coefficient (Wildman–Crippen LogP) is 1.28. The van der Waals surface area contributed by atoms with Crippen LogP contribution in [-0.2, 0) is 6.54 Å². The van der Waals surface area contributed by atoms with Crippen molar-refractivity contribution in [1.82, 2.24) is 14.9 Å². The Morgan fingerprint density at radius 2 is 2.54 bits per heavy atom. The molecule has 0 spiro atoms. The van der Waals surface area contributed by atoms with Gasteiger partial charge in [0.05, 0.1) is 0 Å². The molecule has 1 aromatic rings. The summed E-state index contributed by atoms with van der Waals surface area (Å²) in [7, 11) is 0. The first-order valence-corrected chi connectivity index (χ1v) is 4.83. The Bertz CT molecular complexity index is 312.